The smallest absolute Gasteiger partial charge is 0.179 e. The van der Waals surface area contributed by atoms with Crippen LogP contribution in [-0.4, -0.2) is 28.5 Å². The fraction of sp³-hybridized carbons (Fsp3) is 0.600. The zero-order valence-corrected chi connectivity index (χ0v) is 12.1. The van der Waals surface area contributed by atoms with Crippen molar-refractivity contribution in [3.05, 3.63) is 18.0 Å². The summed E-state index contributed by atoms with van der Waals surface area (Å²) in [6.07, 6.45) is 7.30. The van der Waals surface area contributed by atoms with E-state index in [-0.39, 0.29) is 5.41 Å². The summed E-state index contributed by atoms with van der Waals surface area (Å²) in [7, 11) is 1.87. The van der Waals surface area contributed by atoms with Gasteiger partial charge in [0.25, 0.3) is 0 Å². The van der Waals surface area contributed by atoms with Crippen LogP contribution in [-0.2, 0) is 6.42 Å². The molecule has 2 aromatic rings. The third-order valence-corrected chi connectivity index (χ3v) is 4.54. The molecule has 0 aromatic carbocycles. The van der Waals surface area contributed by atoms with E-state index in [0.29, 0.717) is 0 Å². The predicted molar refractivity (Wildman–Crippen MR) is 81.7 cm³/mol. The van der Waals surface area contributed by atoms with Gasteiger partial charge in [-0.1, -0.05) is 19.3 Å². The molecule has 5 heteroatoms. The van der Waals surface area contributed by atoms with Crippen molar-refractivity contribution in [1.29, 1.82) is 0 Å². The third-order valence-electron chi connectivity index (χ3n) is 4.54. The van der Waals surface area contributed by atoms with Crippen LogP contribution >= 0.6 is 0 Å². The normalized spacial score (nSPS) is 18.3. The molecule has 4 N–H and O–H groups in total. The van der Waals surface area contributed by atoms with Crippen molar-refractivity contribution in [3.8, 4) is 0 Å². The summed E-state index contributed by atoms with van der Waals surface area (Å²) >= 11 is 0. The van der Waals surface area contributed by atoms with Gasteiger partial charge in [0.1, 0.15) is 11.6 Å². The number of H-pyrrole nitrogens is 1. The molecule has 0 amide bonds. The number of aromatic amines is 1. The van der Waals surface area contributed by atoms with Crippen molar-refractivity contribution in [3.63, 3.8) is 0 Å². The minimum absolute atomic E-state index is 0.234. The third kappa shape index (κ3) is 2.50. The number of fused-ring (bicyclic) bond motifs is 1. The van der Waals surface area contributed by atoms with Crippen LogP contribution in [0.25, 0.3) is 11.2 Å². The van der Waals surface area contributed by atoms with Gasteiger partial charge in [-0.3, -0.25) is 0 Å². The number of anilines is 1. The van der Waals surface area contributed by atoms with E-state index in [0.717, 1.165) is 35.8 Å². The average molecular weight is 273 g/mol. The summed E-state index contributed by atoms with van der Waals surface area (Å²) in [6.45, 7) is 0.749. The number of nitrogens with one attached hydrogen (secondary N) is 2. The van der Waals surface area contributed by atoms with Gasteiger partial charge in [0.15, 0.2) is 5.65 Å². The van der Waals surface area contributed by atoms with Crippen LogP contribution in [0.15, 0.2) is 12.1 Å². The molecule has 1 aliphatic carbocycles. The number of hydrogen-bond acceptors (Lipinski definition) is 4. The van der Waals surface area contributed by atoms with Crippen molar-refractivity contribution in [2.24, 2.45) is 11.1 Å². The highest BCUT2D eigenvalue weighted by Crippen LogP contribution is 2.38. The SMILES string of the molecule is CNc1ccc2[nH]c(CC3(CN)CCCCC3)nc2n1. The van der Waals surface area contributed by atoms with Crippen LogP contribution in [0.2, 0.25) is 0 Å². The lowest BCUT2D eigenvalue weighted by Crippen LogP contribution is -2.35. The van der Waals surface area contributed by atoms with Gasteiger partial charge in [-0.15, -0.1) is 0 Å². The van der Waals surface area contributed by atoms with Crippen molar-refractivity contribution in [1.82, 2.24) is 15.0 Å². The molecule has 0 spiro atoms. The van der Waals surface area contributed by atoms with Crippen LogP contribution in [0.1, 0.15) is 37.9 Å². The molecule has 1 aliphatic rings. The number of hydrogen-bond donors (Lipinski definition) is 3. The number of aromatic nitrogens is 3. The maximum absolute atomic E-state index is 6.06. The van der Waals surface area contributed by atoms with Crippen LogP contribution in [0.5, 0.6) is 0 Å². The first-order valence-corrected chi connectivity index (χ1v) is 7.48. The minimum Gasteiger partial charge on any atom is -0.373 e. The van der Waals surface area contributed by atoms with E-state index in [4.69, 9.17) is 5.73 Å². The van der Waals surface area contributed by atoms with Crippen LogP contribution in [0.3, 0.4) is 0 Å². The molecule has 108 valence electrons. The van der Waals surface area contributed by atoms with Crippen LogP contribution in [0.4, 0.5) is 5.82 Å². The van der Waals surface area contributed by atoms with E-state index in [1.54, 1.807) is 0 Å². The number of imidazole rings is 1. The molecule has 2 heterocycles. The van der Waals surface area contributed by atoms with E-state index in [9.17, 15) is 0 Å². The van der Waals surface area contributed by atoms with E-state index < -0.39 is 0 Å². The lowest BCUT2D eigenvalue weighted by atomic mass is 9.72. The van der Waals surface area contributed by atoms with Gasteiger partial charge in [-0.05, 0) is 36.9 Å². The van der Waals surface area contributed by atoms with E-state index in [1.165, 1.54) is 32.1 Å². The van der Waals surface area contributed by atoms with Gasteiger partial charge in [0.2, 0.25) is 0 Å². The second-order valence-electron chi connectivity index (χ2n) is 5.94. The molecule has 3 rings (SSSR count). The second-order valence-corrected chi connectivity index (χ2v) is 5.94. The molecule has 0 saturated heterocycles. The predicted octanol–water partition coefficient (Wildman–Crippen LogP) is 2.45. The summed E-state index contributed by atoms with van der Waals surface area (Å²) < 4.78 is 0. The first-order chi connectivity index (χ1) is 9.74. The fourth-order valence-electron chi connectivity index (χ4n) is 3.28. The number of pyridine rings is 1. The van der Waals surface area contributed by atoms with Crippen LogP contribution in [0, 0.1) is 5.41 Å². The second kappa shape index (κ2) is 5.40. The summed E-state index contributed by atoms with van der Waals surface area (Å²) in [5.41, 5.74) is 8.08. The zero-order valence-electron chi connectivity index (χ0n) is 12.1. The van der Waals surface area contributed by atoms with E-state index in [2.05, 4.69) is 20.3 Å². The van der Waals surface area contributed by atoms with Crippen molar-refractivity contribution in [2.45, 2.75) is 38.5 Å². The summed E-state index contributed by atoms with van der Waals surface area (Å²) in [5.74, 6) is 1.87. The summed E-state index contributed by atoms with van der Waals surface area (Å²) in [6, 6.07) is 3.99. The summed E-state index contributed by atoms with van der Waals surface area (Å²) in [4.78, 5) is 12.5. The lowest BCUT2D eigenvalue weighted by molar-refractivity contribution is 0.194. The number of nitrogens with two attached hydrogens (primary N) is 1. The Morgan fingerprint density at radius 1 is 1.25 bits per heavy atom. The quantitative estimate of drug-likeness (QED) is 0.799. The van der Waals surface area contributed by atoms with Gasteiger partial charge < -0.3 is 16.0 Å². The molecule has 0 radical (unpaired) electrons. The Morgan fingerprint density at radius 2 is 2.05 bits per heavy atom. The van der Waals surface area contributed by atoms with E-state index >= 15 is 0 Å². The molecule has 1 fully saturated rings. The average Bonchev–Trinajstić information content (AvgIpc) is 2.89. The number of rotatable bonds is 4. The van der Waals surface area contributed by atoms with Gasteiger partial charge >= 0.3 is 0 Å². The Kier molecular flexibility index (Phi) is 3.61. The monoisotopic (exact) mass is 273 g/mol. The molecule has 0 unspecified atom stereocenters. The van der Waals surface area contributed by atoms with E-state index in [1.807, 2.05) is 19.2 Å². The zero-order chi connectivity index (χ0) is 14.0. The Morgan fingerprint density at radius 3 is 2.75 bits per heavy atom. The topological polar surface area (TPSA) is 79.6 Å². The van der Waals surface area contributed by atoms with Crippen molar-refractivity contribution in [2.75, 3.05) is 18.9 Å². The molecule has 1 saturated carbocycles. The molecule has 0 aliphatic heterocycles. The largest absolute Gasteiger partial charge is 0.373 e. The first-order valence-electron chi connectivity index (χ1n) is 7.48. The lowest BCUT2D eigenvalue weighted by Gasteiger charge is -2.35. The maximum atomic E-state index is 6.06. The summed E-state index contributed by atoms with van der Waals surface area (Å²) in [5, 5.41) is 3.04. The number of nitrogens with zero attached hydrogens (tertiary/aromatic N) is 2. The first kappa shape index (κ1) is 13.4. The molecule has 5 nitrogen and oxygen atoms in total. The Labute approximate surface area is 119 Å². The van der Waals surface area contributed by atoms with Gasteiger partial charge in [-0.2, -0.15) is 0 Å². The maximum Gasteiger partial charge on any atom is 0.179 e. The Bertz CT molecular complexity index is 583. The molecule has 0 atom stereocenters. The molecular formula is C15H23N5. The molecular weight excluding hydrogens is 250 g/mol. The van der Waals surface area contributed by atoms with Gasteiger partial charge in [0.05, 0.1) is 5.52 Å². The Hall–Kier alpha value is -1.62. The highest BCUT2D eigenvalue weighted by atomic mass is 15.0. The highest BCUT2D eigenvalue weighted by molar-refractivity contribution is 5.72. The minimum atomic E-state index is 0.234. The van der Waals surface area contributed by atoms with Gasteiger partial charge in [0, 0.05) is 13.5 Å². The van der Waals surface area contributed by atoms with Crippen molar-refractivity contribution < 1.29 is 0 Å². The van der Waals surface area contributed by atoms with Crippen molar-refractivity contribution >= 4 is 17.0 Å². The molecule has 0 bridgehead atoms. The Balaban J connectivity index is 1.86. The van der Waals surface area contributed by atoms with Gasteiger partial charge in [-0.25, -0.2) is 9.97 Å². The molecule has 20 heavy (non-hydrogen) atoms. The molecule has 2 aromatic heterocycles. The highest BCUT2D eigenvalue weighted by Gasteiger charge is 2.31. The standard InChI is InChI=1S/C15H23N5/c1-17-12-6-5-11-14(19-12)20-13(18-11)9-15(10-16)7-3-2-4-8-15/h5-6H,2-4,7-10,16H2,1H3,(H2,17,18,19,20). The van der Waals surface area contributed by atoms with Crippen LogP contribution < -0.4 is 11.1 Å². The fourth-order valence-corrected chi connectivity index (χ4v) is 3.28.